The van der Waals surface area contributed by atoms with Crippen LogP contribution >= 0.6 is 0 Å². The lowest BCUT2D eigenvalue weighted by atomic mass is 10.1. The summed E-state index contributed by atoms with van der Waals surface area (Å²) in [5.41, 5.74) is 2.54. The minimum absolute atomic E-state index is 0.0283. The molecule has 0 bridgehead atoms. The van der Waals surface area contributed by atoms with Crippen LogP contribution < -0.4 is 21.3 Å². The Labute approximate surface area is 226 Å². The average Bonchev–Trinajstić information content (AvgIpc) is 2.92. The Bertz CT molecular complexity index is 936. The second-order valence-corrected chi connectivity index (χ2v) is 9.38. The molecule has 0 spiro atoms. The molecule has 2 rings (SSSR count). The second-order valence-electron chi connectivity index (χ2n) is 9.38. The third-order valence-corrected chi connectivity index (χ3v) is 5.99. The van der Waals surface area contributed by atoms with Gasteiger partial charge in [0.15, 0.2) is 0 Å². The predicted molar refractivity (Wildman–Crippen MR) is 152 cm³/mol. The molecule has 0 saturated heterocycles. The minimum atomic E-state index is -0.107. The van der Waals surface area contributed by atoms with Crippen molar-refractivity contribution < 1.29 is 19.2 Å². The summed E-state index contributed by atoms with van der Waals surface area (Å²) < 4.78 is 0. The van der Waals surface area contributed by atoms with Gasteiger partial charge >= 0.3 is 0 Å². The number of rotatable bonds is 17. The molecule has 0 aliphatic carbocycles. The van der Waals surface area contributed by atoms with E-state index in [2.05, 4.69) is 21.3 Å². The summed E-state index contributed by atoms with van der Waals surface area (Å²) in [5.74, 6) is -0.270. The van der Waals surface area contributed by atoms with Gasteiger partial charge in [-0.2, -0.15) is 0 Å². The van der Waals surface area contributed by atoms with E-state index in [9.17, 15) is 19.2 Å². The normalized spacial score (nSPS) is 10.5. The van der Waals surface area contributed by atoms with Crippen LogP contribution in [-0.4, -0.2) is 36.7 Å². The number of benzene rings is 2. The fraction of sp³-hybridized carbons (Fsp3) is 0.467. The molecule has 206 valence electrons. The van der Waals surface area contributed by atoms with Crippen molar-refractivity contribution in [3.8, 4) is 0 Å². The van der Waals surface area contributed by atoms with E-state index in [0.29, 0.717) is 48.4 Å². The Balaban J connectivity index is 1.51. The summed E-state index contributed by atoms with van der Waals surface area (Å²) in [6, 6.07) is 13.8. The van der Waals surface area contributed by atoms with Crippen molar-refractivity contribution >= 4 is 35.0 Å². The van der Waals surface area contributed by atoms with Gasteiger partial charge in [0.25, 0.3) is 11.8 Å². The van der Waals surface area contributed by atoms with E-state index < -0.39 is 0 Å². The molecule has 4 N–H and O–H groups in total. The molecule has 0 aromatic heterocycles. The molecular weight excluding hydrogens is 480 g/mol. The quantitative estimate of drug-likeness (QED) is 0.200. The van der Waals surface area contributed by atoms with Gasteiger partial charge in [-0.15, -0.1) is 0 Å². The fourth-order valence-electron chi connectivity index (χ4n) is 3.82. The first kappa shape index (κ1) is 30.5. The highest BCUT2D eigenvalue weighted by Crippen LogP contribution is 2.14. The zero-order valence-corrected chi connectivity index (χ0v) is 22.7. The van der Waals surface area contributed by atoms with Crippen molar-refractivity contribution in [1.29, 1.82) is 0 Å². The van der Waals surface area contributed by atoms with Gasteiger partial charge in [0.05, 0.1) is 0 Å². The van der Waals surface area contributed by atoms with Crippen molar-refractivity contribution in [3.63, 3.8) is 0 Å². The number of anilines is 2. The van der Waals surface area contributed by atoms with Crippen LogP contribution in [0.15, 0.2) is 48.5 Å². The molecule has 8 heteroatoms. The van der Waals surface area contributed by atoms with Crippen LogP contribution in [0.1, 0.15) is 98.8 Å². The molecule has 0 aliphatic rings. The molecule has 0 heterocycles. The van der Waals surface area contributed by atoms with Crippen LogP contribution in [0.25, 0.3) is 0 Å². The van der Waals surface area contributed by atoms with Crippen molar-refractivity contribution in [1.82, 2.24) is 10.6 Å². The molecule has 2 aromatic carbocycles. The molecule has 0 atom stereocenters. The highest BCUT2D eigenvalue weighted by Gasteiger charge is 2.08. The number of amides is 4. The maximum Gasteiger partial charge on any atom is 0.251 e. The van der Waals surface area contributed by atoms with Crippen molar-refractivity contribution in [2.75, 3.05) is 23.7 Å². The van der Waals surface area contributed by atoms with E-state index in [0.717, 1.165) is 51.4 Å². The van der Waals surface area contributed by atoms with Gasteiger partial charge in [0.2, 0.25) is 11.8 Å². The molecule has 0 unspecified atom stereocenters. The maximum atomic E-state index is 12.2. The lowest BCUT2D eigenvalue weighted by Gasteiger charge is -2.08. The van der Waals surface area contributed by atoms with E-state index in [1.54, 1.807) is 48.5 Å². The van der Waals surface area contributed by atoms with E-state index in [-0.39, 0.29) is 23.6 Å². The third kappa shape index (κ3) is 12.0. The molecule has 2 aromatic rings. The monoisotopic (exact) mass is 522 g/mol. The van der Waals surface area contributed by atoms with Crippen LogP contribution in [0.3, 0.4) is 0 Å². The molecule has 0 saturated carbocycles. The third-order valence-electron chi connectivity index (χ3n) is 5.99. The summed E-state index contributed by atoms with van der Waals surface area (Å²) in [4.78, 5) is 48.2. The van der Waals surface area contributed by atoms with Gasteiger partial charge < -0.3 is 21.3 Å². The van der Waals surface area contributed by atoms with Crippen molar-refractivity contribution in [3.05, 3.63) is 59.7 Å². The SMILES string of the molecule is CCCNC(=O)c1ccc(NC(=O)CCCCCCCCC(=O)Nc2ccc(C(=O)NCCC)cc2)cc1. The van der Waals surface area contributed by atoms with Crippen LogP contribution in [-0.2, 0) is 9.59 Å². The molecule has 38 heavy (non-hydrogen) atoms. The van der Waals surface area contributed by atoms with Crippen LogP contribution in [0, 0.1) is 0 Å². The van der Waals surface area contributed by atoms with E-state index in [1.807, 2.05) is 13.8 Å². The Morgan fingerprint density at radius 1 is 0.526 bits per heavy atom. The van der Waals surface area contributed by atoms with Crippen molar-refractivity contribution in [2.24, 2.45) is 0 Å². The van der Waals surface area contributed by atoms with E-state index in [4.69, 9.17) is 0 Å². The second kappa shape index (κ2) is 17.7. The number of hydrogen-bond donors (Lipinski definition) is 4. The minimum Gasteiger partial charge on any atom is -0.352 e. The molecule has 0 aliphatic heterocycles. The molecular formula is C30H42N4O4. The molecule has 8 nitrogen and oxygen atoms in total. The molecule has 4 amide bonds. The van der Waals surface area contributed by atoms with Gasteiger partial charge in [-0.25, -0.2) is 0 Å². The Kier molecular flexibility index (Phi) is 14.2. The van der Waals surface area contributed by atoms with Gasteiger partial charge in [0.1, 0.15) is 0 Å². The van der Waals surface area contributed by atoms with Crippen molar-refractivity contribution in [2.45, 2.75) is 78.1 Å². The summed E-state index contributed by atoms with van der Waals surface area (Å²) >= 11 is 0. The highest BCUT2D eigenvalue weighted by atomic mass is 16.2. The molecule has 0 radical (unpaired) electrons. The average molecular weight is 523 g/mol. The number of carbonyl (C=O) groups is 4. The first-order valence-corrected chi connectivity index (χ1v) is 13.8. The summed E-state index contributed by atoms with van der Waals surface area (Å²) in [5, 5.41) is 11.4. The van der Waals surface area contributed by atoms with Gasteiger partial charge in [-0.1, -0.05) is 39.5 Å². The topological polar surface area (TPSA) is 116 Å². The first-order chi connectivity index (χ1) is 18.4. The zero-order chi connectivity index (χ0) is 27.6. The highest BCUT2D eigenvalue weighted by molar-refractivity contribution is 5.96. The van der Waals surface area contributed by atoms with E-state index in [1.165, 1.54) is 0 Å². The number of unbranched alkanes of at least 4 members (excludes halogenated alkanes) is 5. The predicted octanol–water partition coefficient (Wildman–Crippen LogP) is 5.66. The lowest BCUT2D eigenvalue weighted by Crippen LogP contribution is -2.23. The largest absolute Gasteiger partial charge is 0.352 e. The number of hydrogen-bond acceptors (Lipinski definition) is 4. The van der Waals surface area contributed by atoms with Crippen LogP contribution in [0.5, 0.6) is 0 Å². The summed E-state index contributed by atoms with van der Waals surface area (Å²) in [6.45, 7) is 5.29. The van der Waals surface area contributed by atoms with Crippen LogP contribution in [0.4, 0.5) is 11.4 Å². The van der Waals surface area contributed by atoms with E-state index >= 15 is 0 Å². The Morgan fingerprint density at radius 3 is 1.21 bits per heavy atom. The first-order valence-electron chi connectivity index (χ1n) is 13.8. The number of nitrogens with one attached hydrogen (secondary N) is 4. The lowest BCUT2D eigenvalue weighted by molar-refractivity contribution is -0.117. The number of carbonyl (C=O) groups excluding carboxylic acids is 4. The summed E-state index contributed by atoms with van der Waals surface area (Å²) in [6.07, 6.45) is 8.30. The standard InChI is InChI=1S/C30H42N4O4/c1-3-21-31-29(37)23-13-17-25(18-14-23)33-27(35)11-9-7-5-6-8-10-12-28(36)34-26-19-15-24(16-20-26)30(38)32-22-4-2/h13-20H,3-12,21-22H2,1-2H3,(H,31,37)(H,32,38)(H,33,35)(H,34,36). The van der Waals surface area contributed by atoms with Gasteiger partial charge in [-0.3, -0.25) is 19.2 Å². The Hall–Kier alpha value is -3.68. The van der Waals surface area contributed by atoms with Gasteiger partial charge in [0, 0.05) is 48.4 Å². The summed E-state index contributed by atoms with van der Waals surface area (Å²) in [7, 11) is 0. The van der Waals surface area contributed by atoms with Crippen LogP contribution in [0.2, 0.25) is 0 Å². The molecule has 0 fully saturated rings. The maximum absolute atomic E-state index is 12.2. The zero-order valence-electron chi connectivity index (χ0n) is 22.7. The Morgan fingerprint density at radius 2 is 0.868 bits per heavy atom. The smallest absolute Gasteiger partial charge is 0.251 e. The fourth-order valence-corrected chi connectivity index (χ4v) is 3.82. The van der Waals surface area contributed by atoms with Gasteiger partial charge in [-0.05, 0) is 74.2 Å².